The van der Waals surface area contributed by atoms with E-state index in [1.807, 2.05) is 27.7 Å². The largest absolute Gasteiger partial charge is 0.147 e. The Balaban J connectivity index is -0.00000000167. The fourth-order valence-corrected chi connectivity index (χ4v) is 0. The van der Waals surface area contributed by atoms with Crippen molar-refractivity contribution in [1.29, 1.82) is 0 Å². The highest BCUT2D eigenvalue weighted by atomic mass is 35.5. The number of hydrogen-bond acceptors (Lipinski definition) is 0. The molecule has 0 bridgehead atoms. The second-order valence-electron chi connectivity index (χ2n) is 0. The second kappa shape index (κ2) is 311. The van der Waals surface area contributed by atoms with Crippen molar-refractivity contribution in [2.75, 3.05) is 0 Å². The van der Waals surface area contributed by atoms with Crippen LogP contribution in [-0.4, -0.2) is 0 Å². The van der Waals surface area contributed by atoms with E-state index in [9.17, 15) is 0 Å². The minimum absolute atomic E-state index is 0. The van der Waals surface area contributed by atoms with Crippen molar-refractivity contribution < 1.29 is 0 Å². The van der Waals surface area contributed by atoms with E-state index in [2.05, 4.69) is 0 Å². The van der Waals surface area contributed by atoms with Crippen LogP contribution < -0.4 is 0 Å². The first-order valence-corrected chi connectivity index (χ1v) is 2.00. The number of halogens is 4. The molecule has 0 aliphatic rings. The Morgan fingerprint density at radius 1 is 0.375 bits per heavy atom. The summed E-state index contributed by atoms with van der Waals surface area (Å²) < 4.78 is 0. The van der Waals surface area contributed by atoms with Crippen molar-refractivity contribution >= 4 is 49.6 Å². The maximum absolute atomic E-state index is 2.00. The molecule has 0 nitrogen and oxygen atoms in total. The van der Waals surface area contributed by atoms with Gasteiger partial charge < -0.3 is 0 Å². The van der Waals surface area contributed by atoms with Gasteiger partial charge >= 0.3 is 0 Å². The van der Waals surface area contributed by atoms with Crippen LogP contribution >= 0.6 is 49.6 Å². The van der Waals surface area contributed by atoms with Gasteiger partial charge in [0.1, 0.15) is 0 Å². The van der Waals surface area contributed by atoms with Crippen LogP contribution in [0.5, 0.6) is 0 Å². The molecular formula is C4H16Cl4. The summed E-state index contributed by atoms with van der Waals surface area (Å²) in [5.74, 6) is 0. The Morgan fingerprint density at radius 2 is 0.375 bits per heavy atom. The average Bonchev–Trinajstić information content (AvgIpc) is 1.50. The Kier molecular flexibility index (Phi) is 2370. The van der Waals surface area contributed by atoms with Crippen LogP contribution in [0.25, 0.3) is 0 Å². The van der Waals surface area contributed by atoms with E-state index >= 15 is 0 Å². The molecule has 0 fully saturated rings. The van der Waals surface area contributed by atoms with Gasteiger partial charge in [0.15, 0.2) is 0 Å². The molecule has 0 aromatic rings. The van der Waals surface area contributed by atoms with Crippen molar-refractivity contribution in [3.05, 3.63) is 0 Å². The molecule has 0 atom stereocenters. The Morgan fingerprint density at radius 3 is 0.375 bits per heavy atom. The molecule has 0 heterocycles. The van der Waals surface area contributed by atoms with Crippen molar-refractivity contribution in [1.82, 2.24) is 0 Å². The molecule has 0 amide bonds. The summed E-state index contributed by atoms with van der Waals surface area (Å²) in [5, 5.41) is 0. The summed E-state index contributed by atoms with van der Waals surface area (Å²) in [6.07, 6.45) is 0. The highest BCUT2D eigenvalue weighted by Gasteiger charge is 0.934. The lowest BCUT2D eigenvalue weighted by molar-refractivity contribution is 1.50. The van der Waals surface area contributed by atoms with Gasteiger partial charge in [-0.2, -0.15) is 0 Å². The molecule has 0 unspecified atom stereocenters. The molecule has 0 saturated carbocycles. The van der Waals surface area contributed by atoms with Crippen molar-refractivity contribution in [2.45, 2.75) is 27.7 Å². The summed E-state index contributed by atoms with van der Waals surface area (Å²) in [6, 6.07) is 0. The molecule has 0 aliphatic carbocycles. The molecule has 60 valence electrons. The normalized spacial score (nSPS) is 1.50. The molecule has 4 heteroatoms. The monoisotopic (exact) mass is 204 g/mol. The SMILES string of the molecule is CC.CC.Cl.Cl.Cl.Cl. The first-order chi connectivity index (χ1) is 2.00. The van der Waals surface area contributed by atoms with Gasteiger partial charge in [-0.05, 0) is 0 Å². The van der Waals surface area contributed by atoms with Crippen LogP contribution in [-0.2, 0) is 0 Å². The zero-order chi connectivity index (χ0) is 4.00. The molecule has 0 spiro atoms. The predicted molar refractivity (Wildman–Crippen MR) is 51.7 cm³/mol. The van der Waals surface area contributed by atoms with E-state index in [0.29, 0.717) is 0 Å². The molecule has 0 aromatic carbocycles. The van der Waals surface area contributed by atoms with Crippen LogP contribution in [0.2, 0.25) is 0 Å². The molecule has 0 aliphatic heterocycles. The molecule has 0 saturated heterocycles. The smallest absolute Gasteiger partial charge is 0.0683 e. The third kappa shape index (κ3) is 202. The van der Waals surface area contributed by atoms with Crippen LogP contribution in [0.1, 0.15) is 27.7 Å². The molecule has 0 rings (SSSR count). The fraction of sp³-hybridized carbons (Fsp3) is 1.00. The summed E-state index contributed by atoms with van der Waals surface area (Å²) in [4.78, 5) is 0. The van der Waals surface area contributed by atoms with E-state index in [4.69, 9.17) is 0 Å². The van der Waals surface area contributed by atoms with Gasteiger partial charge in [0.25, 0.3) is 0 Å². The Hall–Kier alpha value is 1.16. The Bertz CT molecular complexity index is 8.00. The van der Waals surface area contributed by atoms with Gasteiger partial charge in [0.05, 0.1) is 0 Å². The van der Waals surface area contributed by atoms with Gasteiger partial charge in [0.2, 0.25) is 0 Å². The average molecular weight is 206 g/mol. The zero-order valence-corrected chi connectivity index (χ0v) is 8.90. The summed E-state index contributed by atoms with van der Waals surface area (Å²) in [5.41, 5.74) is 0. The van der Waals surface area contributed by atoms with E-state index < -0.39 is 0 Å². The minimum atomic E-state index is 0. The maximum atomic E-state index is 2.00. The minimum Gasteiger partial charge on any atom is -0.147 e. The number of hydrogen-bond donors (Lipinski definition) is 0. The van der Waals surface area contributed by atoms with Crippen LogP contribution in [0, 0.1) is 0 Å². The highest BCUT2D eigenvalue weighted by Crippen LogP contribution is 1.15. The quantitative estimate of drug-likeness (QED) is 0.566. The first kappa shape index (κ1) is 61.1. The zero-order valence-electron chi connectivity index (χ0n) is 5.63. The van der Waals surface area contributed by atoms with Gasteiger partial charge in [0, 0.05) is 0 Å². The van der Waals surface area contributed by atoms with E-state index in [1.54, 1.807) is 0 Å². The first-order valence-electron chi connectivity index (χ1n) is 2.00. The predicted octanol–water partition coefficient (Wildman–Crippen LogP) is 3.74. The molecule has 0 aromatic heterocycles. The summed E-state index contributed by atoms with van der Waals surface area (Å²) in [6.45, 7) is 8.00. The third-order valence-electron chi connectivity index (χ3n) is 0. The lowest BCUT2D eigenvalue weighted by Crippen LogP contribution is -0.856. The maximum Gasteiger partial charge on any atom is -0.0683 e. The summed E-state index contributed by atoms with van der Waals surface area (Å²) in [7, 11) is 0. The lowest BCUT2D eigenvalue weighted by Gasteiger charge is -1.07. The topological polar surface area (TPSA) is 0 Å². The van der Waals surface area contributed by atoms with E-state index in [1.165, 1.54) is 0 Å². The van der Waals surface area contributed by atoms with Gasteiger partial charge in [-0.25, -0.2) is 0 Å². The van der Waals surface area contributed by atoms with Crippen molar-refractivity contribution in [3.8, 4) is 0 Å². The van der Waals surface area contributed by atoms with Crippen LogP contribution in [0.4, 0.5) is 0 Å². The molecular weight excluding hydrogens is 190 g/mol. The van der Waals surface area contributed by atoms with Crippen molar-refractivity contribution in [2.24, 2.45) is 0 Å². The highest BCUT2D eigenvalue weighted by molar-refractivity contribution is 5.86. The van der Waals surface area contributed by atoms with Crippen molar-refractivity contribution in [3.63, 3.8) is 0 Å². The lowest BCUT2D eigenvalue weighted by atomic mass is 11.0. The van der Waals surface area contributed by atoms with E-state index in [0.717, 1.165) is 0 Å². The Labute approximate surface area is 77.5 Å². The molecule has 8 heavy (non-hydrogen) atoms. The second-order valence-corrected chi connectivity index (χ2v) is 0. The van der Waals surface area contributed by atoms with Gasteiger partial charge in [-0.3, -0.25) is 0 Å². The molecule has 0 radical (unpaired) electrons. The summed E-state index contributed by atoms with van der Waals surface area (Å²) >= 11 is 0. The van der Waals surface area contributed by atoms with E-state index in [-0.39, 0.29) is 49.6 Å². The molecule has 0 N–H and O–H groups in total. The van der Waals surface area contributed by atoms with Gasteiger partial charge in [-0.15, -0.1) is 49.6 Å². The fourth-order valence-electron chi connectivity index (χ4n) is 0. The third-order valence-corrected chi connectivity index (χ3v) is 0. The van der Waals surface area contributed by atoms with Crippen LogP contribution in [0.3, 0.4) is 0 Å². The van der Waals surface area contributed by atoms with Crippen LogP contribution in [0.15, 0.2) is 0 Å². The standard InChI is InChI=1S/2C2H6.4ClH/c2*1-2;;;;/h2*1-2H3;4*1H. The number of rotatable bonds is 0. The van der Waals surface area contributed by atoms with Gasteiger partial charge in [-0.1, -0.05) is 27.7 Å².